The molecule has 1 saturated carbocycles. The van der Waals surface area contributed by atoms with E-state index in [4.69, 9.17) is 4.74 Å². The van der Waals surface area contributed by atoms with Crippen molar-refractivity contribution in [3.63, 3.8) is 0 Å². The predicted octanol–water partition coefficient (Wildman–Crippen LogP) is 4.44. The number of benzene rings is 1. The molecule has 8 heteroatoms. The van der Waals surface area contributed by atoms with Gasteiger partial charge >= 0.3 is 5.51 Å². The molecule has 0 aliphatic heterocycles. The van der Waals surface area contributed by atoms with Gasteiger partial charge in [0.2, 0.25) is 5.82 Å². The predicted molar refractivity (Wildman–Crippen MR) is 58.9 cm³/mol. The van der Waals surface area contributed by atoms with Gasteiger partial charge in [0.25, 0.3) is 0 Å². The van der Waals surface area contributed by atoms with Gasteiger partial charge in [-0.05, 0) is 19.3 Å². The van der Waals surface area contributed by atoms with Crippen LogP contribution in [-0.4, -0.2) is 11.6 Å². The van der Waals surface area contributed by atoms with Gasteiger partial charge in [-0.2, -0.15) is 17.6 Å². The number of hydrogen-bond donors (Lipinski definition) is 0. The lowest BCUT2D eigenvalue weighted by Crippen LogP contribution is -2.24. The van der Waals surface area contributed by atoms with Crippen molar-refractivity contribution in [2.75, 3.05) is 0 Å². The molecule has 0 saturated heterocycles. The summed E-state index contributed by atoms with van der Waals surface area (Å²) in [6.07, 6.45) is 2.44. The van der Waals surface area contributed by atoms with Crippen LogP contribution in [0.25, 0.3) is 0 Å². The van der Waals surface area contributed by atoms with Gasteiger partial charge in [0.1, 0.15) is 5.75 Å². The van der Waals surface area contributed by atoms with Crippen molar-refractivity contribution in [1.82, 2.24) is 0 Å². The molecule has 0 radical (unpaired) electrons. The summed E-state index contributed by atoms with van der Waals surface area (Å²) in [7, 11) is 0. The lowest BCUT2D eigenvalue weighted by Gasteiger charge is -2.26. The molecule has 19 heavy (non-hydrogen) atoms. The maximum Gasteiger partial charge on any atom is 0.479 e. The Kier molecular flexibility index (Phi) is 4.07. The Hall–Kier alpha value is -1.18. The smallest absolute Gasteiger partial charge is 0.479 e. The van der Waals surface area contributed by atoms with Crippen LogP contribution in [0.3, 0.4) is 0 Å². The molecule has 2 nitrogen and oxygen atoms in total. The van der Waals surface area contributed by atoms with Crippen molar-refractivity contribution in [2.45, 2.75) is 30.9 Å². The van der Waals surface area contributed by atoms with E-state index in [1.165, 1.54) is 0 Å². The highest BCUT2D eigenvalue weighted by molar-refractivity contribution is 7.95. The lowest BCUT2D eigenvalue weighted by atomic mass is 9.96. The first kappa shape index (κ1) is 14.2. The minimum atomic E-state index is -4.70. The highest BCUT2D eigenvalue weighted by atomic mass is 32.2. The molecule has 0 spiro atoms. The standard InChI is InChI=1S/C11H9F5O2S/c12-8-4-7(17-6-2-1-3-6)5-9(10(8)13)18-19-11(14,15)16/h4-6H,1-3H2. The third-order valence-electron chi connectivity index (χ3n) is 2.55. The van der Waals surface area contributed by atoms with Crippen LogP contribution >= 0.6 is 12.0 Å². The quantitative estimate of drug-likeness (QED) is 0.605. The Morgan fingerprint density at radius 3 is 2.37 bits per heavy atom. The first-order chi connectivity index (χ1) is 8.85. The Bertz CT molecular complexity index is 459. The van der Waals surface area contributed by atoms with E-state index >= 15 is 0 Å². The van der Waals surface area contributed by atoms with Crippen LogP contribution in [-0.2, 0) is 0 Å². The zero-order chi connectivity index (χ0) is 14.0. The van der Waals surface area contributed by atoms with Gasteiger partial charge in [-0.15, -0.1) is 0 Å². The van der Waals surface area contributed by atoms with Crippen LogP contribution < -0.4 is 8.92 Å². The Morgan fingerprint density at radius 1 is 1.16 bits per heavy atom. The zero-order valence-corrected chi connectivity index (χ0v) is 10.3. The largest absolute Gasteiger partial charge is 0.490 e. The second-order valence-corrected chi connectivity index (χ2v) is 4.80. The fraction of sp³-hybridized carbons (Fsp3) is 0.455. The third kappa shape index (κ3) is 3.89. The molecule has 0 bridgehead atoms. The molecule has 0 aromatic heterocycles. The van der Waals surface area contributed by atoms with E-state index in [0.717, 1.165) is 31.4 Å². The van der Waals surface area contributed by atoms with Crippen molar-refractivity contribution in [1.29, 1.82) is 0 Å². The maximum absolute atomic E-state index is 13.3. The minimum Gasteiger partial charge on any atom is -0.490 e. The second-order valence-electron chi connectivity index (χ2n) is 4.00. The second kappa shape index (κ2) is 5.44. The Morgan fingerprint density at radius 2 is 1.84 bits per heavy atom. The number of ether oxygens (including phenoxy) is 1. The van der Waals surface area contributed by atoms with Gasteiger partial charge in [-0.3, -0.25) is 0 Å². The topological polar surface area (TPSA) is 18.5 Å². The highest BCUT2D eigenvalue weighted by Gasteiger charge is 2.32. The molecule has 2 rings (SSSR count). The molecule has 106 valence electrons. The van der Waals surface area contributed by atoms with Crippen LogP contribution in [0.4, 0.5) is 22.0 Å². The van der Waals surface area contributed by atoms with E-state index in [-0.39, 0.29) is 11.9 Å². The average Bonchev–Trinajstić information content (AvgIpc) is 2.25. The number of halogens is 5. The van der Waals surface area contributed by atoms with Crippen LogP contribution in [0.1, 0.15) is 19.3 Å². The van der Waals surface area contributed by atoms with Gasteiger partial charge in [0, 0.05) is 12.1 Å². The molecule has 0 amide bonds. The highest BCUT2D eigenvalue weighted by Crippen LogP contribution is 2.36. The molecule has 1 aromatic rings. The molecule has 1 fully saturated rings. The molecule has 1 aromatic carbocycles. The van der Waals surface area contributed by atoms with E-state index in [2.05, 4.69) is 4.18 Å². The van der Waals surface area contributed by atoms with Crippen molar-refractivity contribution in [3.05, 3.63) is 23.8 Å². The van der Waals surface area contributed by atoms with Crippen molar-refractivity contribution in [2.24, 2.45) is 0 Å². The summed E-state index contributed by atoms with van der Waals surface area (Å²) in [4.78, 5) is 0. The van der Waals surface area contributed by atoms with Crippen LogP contribution in [0.5, 0.6) is 11.5 Å². The third-order valence-corrected chi connectivity index (χ3v) is 3.00. The van der Waals surface area contributed by atoms with E-state index in [1.54, 1.807) is 0 Å². The monoisotopic (exact) mass is 300 g/mol. The van der Waals surface area contributed by atoms with Gasteiger partial charge in [0.15, 0.2) is 23.6 Å². The molecule has 0 unspecified atom stereocenters. The molecule has 0 N–H and O–H groups in total. The summed E-state index contributed by atoms with van der Waals surface area (Å²) >= 11 is -0.905. The summed E-state index contributed by atoms with van der Waals surface area (Å²) in [5.41, 5.74) is -4.70. The van der Waals surface area contributed by atoms with Gasteiger partial charge in [-0.1, -0.05) is 0 Å². The van der Waals surface area contributed by atoms with E-state index in [0.29, 0.717) is 0 Å². The van der Waals surface area contributed by atoms with Crippen LogP contribution in [0.2, 0.25) is 0 Å². The van der Waals surface area contributed by atoms with E-state index in [1.807, 2.05) is 0 Å². The average molecular weight is 300 g/mol. The molecule has 1 aliphatic rings. The van der Waals surface area contributed by atoms with Crippen molar-refractivity contribution < 1.29 is 30.9 Å². The SMILES string of the molecule is Fc1cc(OC2CCC2)cc(OSC(F)(F)F)c1F. The number of hydrogen-bond acceptors (Lipinski definition) is 3. The number of rotatable bonds is 4. The van der Waals surface area contributed by atoms with Gasteiger partial charge in [0.05, 0.1) is 6.10 Å². The number of alkyl halides is 3. The minimum absolute atomic E-state index is 0.0404. The molecular formula is C11H9F5O2S. The van der Waals surface area contributed by atoms with Crippen molar-refractivity contribution >= 4 is 12.0 Å². The fourth-order valence-electron chi connectivity index (χ4n) is 1.44. The van der Waals surface area contributed by atoms with Gasteiger partial charge in [-0.25, -0.2) is 4.39 Å². The van der Waals surface area contributed by atoms with Crippen LogP contribution in [0.15, 0.2) is 12.1 Å². The molecule has 0 heterocycles. The lowest BCUT2D eigenvalue weighted by molar-refractivity contribution is -0.0370. The van der Waals surface area contributed by atoms with E-state index < -0.39 is 34.9 Å². The van der Waals surface area contributed by atoms with Crippen molar-refractivity contribution in [3.8, 4) is 11.5 Å². The van der Waals surface area contributed by atoms with E-state index in [9.17, 15) is 22.0 Å². The summed E-state index contributed by atoms with van der Waals surface area (Å²) in [6, 6.07) is 1.70. The van der Waals surface area contributed by atoms with Gasteiger partial charge < -0.3 is 8.92 Å². The summed E-state index contributed by atoms with van der Waals surface area (Å²) in [5, 5.41) is 0. The van der Waals surface area contributed by atoms with Crippen LogP contribution in [0, 0.1) is 11.6 Å². The summed E-state index contributed by atoms with van der Waals surface area (Å²) in [6.45, 7) is 0. The summed E-state index contributed by atoms with van der Waals surface area (Å²) in [5.74, 6) is -3.66. The molecule has 1 aliphatic carbocycles. The fourth-order valence-corrected chi connectivity index (χ4v) is 1.75. The Balaban J connectivity index is 2.11. The normalized spacial score (nSPS) is 16.1. The first-order valence-electron chi connectivity index (χ1n) is 5.43. The maximum atomic E-state index is 13.3. The summed E-state index contributed by atoms with van der Waals surface area (Å²) < 4.78 is 71.7. The Labute approximate surface area is 110 Å². The zero-order valence-electron chi connectivity index (χ0n) is 9.47. The molecule has 0 atom stereocenters. The molecular weight excluding hydrogens is 291 g/mol. The first-order valence-corrected chi connectivity index (χ1v) is 6.17.